The molecule has 1 aliphatic rings. The van der Waals surface area contributed by atoms with Gasteiger partial charge in [-0.2, -0.15) is 0 Å². The maximum Gasteiger partial charge on any atom is 0.126 e. The topological polar surface area (TPSA) is 12.0 Å². The predicted molar refractivity (Wildman–Crippen MR) is 69.5 cm³/mol. The molecule has 0 amide bonds. The van der Waals surface area contributed by atoms with E-state index in [-0.39, 0.29) is 5.82 Å². The van der Waals surface area contributed by atoms with Gasteiger partial charge in [0.1, 0.15) is 5.82 Å². The zero-order valence-corrected chi connectivity index (χ0v) is 10.6. The largest absolute Gasteiger partial charge is 0.314 e. The Hall–Kier alpha value is -0.890. The monoisotopic (exact) mass is 235 g/mol. The summed E-state index contributed by atoms with van der Waals surface area (Å²) in [6.07, 6.45) is 5.73. The lowest BCUT2D eigenvalue weighted by Gasteiger charge is -2.29. The molecule has 2 atom stereocenters. The minimum Gasteiger partial charge on any atom is -0.314 e. The molecule has 2 rings (SSSR count). The van der Waals surface area contributed by atoms with Crippen molar-refractivity contribution in [3.63, 3.8) is 0 Å². The van der Waals surface area contributed by atoms with Crippen molar-refractivity contribution in [1.82, 2.24) is 5.32 Å². The molecule has 0 saturated carbocycles. The Morgan fingerprint density at radius 1 is 1.35 bits per heavy atom. The number of hydrogen-bond acceptors (Lipinski definition) is 1. The lowest BCUT2D eigenvalue weighted by atomic mass is 9.88. The first-order chi connectivity index (χ1) is 8.29. The third kappa shape index (κ3) is 3.53. The molecule has 1 N–H and O–H groups in total. The van der Waals surface area contributed by atoms with Crippen LogP contribution in [0.25, 0.3) is 0 Å². The van der Waals surface area contributed by atoms with Crippen molar-refractivity contribution in [3.8, 4) is 0 Å². The van der Waals surface area contributed by atoms with Gasteiger partial charge in [-0.05, 0) is 49.8 Å². The molecule has 17 heavy (non-hydrogen) atoms. The molecule has 0 bridgehead atoms. The average molecular weight is 235 g/mol. The van der Waals surface area contributed by atoms with Gasteiger partial charge in [0.2, 0.25) is 0 Å². The Kier molecular flexibility index (Phi) is 4.55. The minimum atomic E-state index is -0.0599. The molecule has 1 saturated heterocycles. The van der Waals surface area contributed by atoms with Crippen molar-refractivity contribution in [2.75, 3.05) is 6.54 Å². The van der Waals surface area contributed by atoms with Gasteiger partial charge in [-0.15, -0.1) is 0 Å². The number of benzene rings is 1. The SMILES string of the molecule is CCC1CCNC(CCc2ccccc2F)C1. The van der Waals surface area contributed by atoms with Gasteiger partial charge < -0.3 is 5.32 Å². The van der Waals surface area contributed by atoms with Crippen LogP contribution in [0.4, 0.5) is 4.39 Å². The van der Waals surface area contributed by atoms with Crippen LogP contribution < -0.4 is 5.32 Å². The second kappa shape index (κ2) is 6.15. The number of aryl methyl sites for hydroxylation is 1. The van der Waals surface area contributed by atoms with E-state index in [4.69, 9.17) is 0 Å². The van der Waals surface area contributed by atoms with E-state index in [9.17, 15) is 4.39 Å². The Balaban J connectivity index is 1.84. The molecule has 2 unspecified atom stereocenters. The van der Waals surface area contributed by atoms with E-state index < -0.39 is 0 Å². The van der Waals surface area contributed by atoms with Crippen molar-refractivity contribution in [1.29, 1.82) is 0 Å². The molecule has 0 radical (unpaired) electrons. The van der Waals surface area contributed by atoms with Gasteiger partial charge in [0, 0.05) is 6.04 Å². The fourth-order valence-electron chi connectivity index (χ4n) is 2.72. The van der Waals surface area contributed by atoms with Crippen molar-refractivity contribution in [2.45, 2.75) is 45.1 Å². The second-order valence-corrected chi connectivity index (χ2v) is 5.08. The van der Waals surface area contributed by atoms with Crippen molar-refractivity contribution in [2.24, 2.45) is 5.92 Å². The van der Waals surface area contributed by atoms with Crippen LogP contribution in [0.3, 0.4) is 0 Å². The summed E-state index contributed by atoms with van der Waals surface area (Å²) in [7, 11) is 0. The highest BCUT2D eigenvalue weighted by Crippen LogP contribution is 2.22. The maximum atomic E-state index is 13.5. The van der Waals surface area contributed by atoms with Crippen LogP contribution in [0.2, 0.25) is 0 Å². The van der Waals surface area contributed by atoms with Gasteiger partial charge in [-0.3, -0.25) is 0 Å². The molecule has 1 aromatic carbocycles. The van der Waals surface area contributed by atoms with Gasteiger partial charge in [0.15, 0.2) is 0 Å². The Morgan fingerprint density at radius 3 is 2.94 bits per heavy atom. The molecule has 0 aromatic heterocycles. The fraction of sp³-hybridized carbons (Fsp3) is 0.600. The lowest BCUT2D eigenvalue weighted by molar-refractivity contribution is 0.284. The highest BCUT2D eigenvalue weighted by atomic mass is 19.1. The first-order valence-corrected chi connectivity index (χ1v) is 6.76. The average Bonchev–Trinajstić information content (AvgIpc) is 2.38. The van der Waals surface area contributed by atoms with Crippen molar-refractivity contribution < 1.29 is 4.39 Å². The first kappa shape index (κ1) is 12.6. The van der Waals surface area contributed by atoms with E-state index in [1.165, 1.54) is 19.3 Å². The smallest absolute Gasteiger partial charge is 0.126 e. The van der Waals surface area contributed by atoms with Gasteiger partial charge in [-0.25, -0.2) is 4.39 Å². The summed E-state index contributed by atoms with van der Waals surface area (Å²) in [5.41, 5.74) is 0.855. The van der Waals surface area contributed by atoms with Gasteiger partial charge in [0.25, 0.3) is 0 Å². The molecule has 1 aromatic rings. The molecule has 1 aliphatic heterocycles. The van der Waals surface area contributed by atoms with E-state index in [0.717, 1.165) is 30.9 Å². The number of nitrogens with one attached hydrogen (secondary N) is 1. The molecule has 1 heterocycles. The summed E-state index contributed by atoms with van der Waals surface area (Å²) >= 11 is 0. The molecule has 2 heteroatoms. The number of rotatable bonds is 4. The third-order valence-corrected chi connectivity index (χ3v) is 3.90. The summed E-state index contributed by atoms with van der Waals surface area (Å²) in [5, 5.41) is 3.55. The van der Waals surface area contributed by atoms with Gasteiger partial charge in [-0.1, -0.05) is 31.5 Å². The molecule has 0 spiro atoms. The molecular formula is C15H22FN. The normalized spacial score (nSPS) is 24.8. The zero-order chi connectivity index (χ0) is 12.1. The molecule has 1 nitrogen and oxygen atoms in total. The third-order valence-electron chi connectivity index (χ3n) is 3.90. The maximum absolute atomic E-state index is 13.5. The molecule has 1 fully saturated rings. The van der Waals surface area contributed by atoms with E-state index >= 15 is 0 Å². The van der Waals surface area contributed by atoms with E-state index in [1.54, 1.807) is 12.1 Å². The highest BCUT2D eigenvalue weighted by Gasteiger charge is 2.19. The summed E-state index contributed by atoms with van der Waals surface area (Å²) in [6.45, 7) is 3.39. The van der Waals surface area contributed by atoms with Crippen LogP contribution in [0.5, 0.6) is 0 Å². The second-order valence-electron chi connectivity index (χ2n) is 5.08. The Morgan fingerprint density at radius 2 is 2.18 bits per heavy atom. The molecule has 94 valence electrons. The summed E-state index contributed by atoms with van der Waals surface area (Å²) in [5.74, 6) is 0.803. The van der Waals surface area contributed by atoms with Gasteiger partial charge >= 0.3 is 0 Å². The fourth-order valence-corrected chi connectivity index (χ4v) is 2.72. The minimum absolute atomic E-state index is 0.0599. The van der Waals surface area contributed by atoms with Crippen LogP contribution in [-0.2, 0) is 6.42 Å². The Bertz CT molecular complexity index is 351. The van der Waals surface area contributed by atoms with Crippen molar-refractivity contribution >= 4 is 0 Å². The molecule has 0 aliphatic carbocycles. The number of piperidine rings is 1. The summed E-state index contributed by atoms with van der Waals surface area (Å²) in [4.78, 5) is 0. The lowest BCUT2D eigenvalue weighted by Crippen LogP contribution is -2.38. The van der Waals surface area contributed by atoms with Crippen LogP contribution in [0.1, 0.15) is 38.2 Å². The van der Waals surface area contributed by atoms with E-state index in [2.05, 4.69) is 12.2 Å². The molecular weight excluding hydrogens is 213 g/mol. The number of halogens is 1. The summed E-state index contributed by atoms with van der Waals surface area (Å²) in [6, 6.07) is 7.70. The van der Waals surface area contributed by atoms with Crippen LogP contribution in [0.15, 0.2) is 24.3 Å². The zero-order valence-electron chi connectivity index (χ0n) is 10.6. The Labute approximate surface area is 103 Å². The van der Waals surface area contributed by atoms with E-state index in [1.807, 2.05) is 12.1 Å². The quantitative estimate of drug-likeness (QED) is 0.841. The van der Waals surface area contributed by atoms with E-state index in [0.29, 0.717) is 6.04 Å². The number of hydrogen-bond donors (Lipinski definition) is 1. The summed E-state index contributed by atoms with van der Waals surface area (Å²) < 4.78 is 13.5. The van der Waals surface area contributed by atoms with Crippen LogP contribution in [-0.4, -0.2) is 12.6 Å². The highest BCUT2D eigenvalue weighted by molar-refractivity contribution is 5.17. The standard InChI is InChI=1S/C15H22FN/c1-2-12-9-10-17-14(11-12)8-7-13-5-3-4-6-15(13)16/h3-6,12,14,17H,2,7-11H2,1H3. The van der Waals surface area contributed by atoms with Crippen molar-refractivity contribution in [3.05, 3.63) is 35.6 Å². The van der Waals surface area contributed by atoms with Crippen LogP contribution in [0, 0.1) is 11.7 Å². The first-order valence-electron chi connectivity index (χ1n) is 6.76. The van der Waals surface area contributed by atoms with Gasteiger partial charge in [0.05, 0.1) is 0 Å². The predicted octanol–water partition coefficient (Wildman–Crippen LogP) is 3.54. The van der Waals surface area contributed by atoms with Crippen LogP contribution >= 0.6 is 0 Å².